The van der Waals surface area contributed by atoms with E-state index in [1.165, 1.54) is 5.56 Å². The van der Waals surface area contributed by atoms with E-state index >= 15 is 0 Å². The van der Waals surface area contributed by atoms with E-state index in [0.29, 0.717) is 6.54 Å². The topological polar surface area (TPSA) is 43.1 Å². The van der Waals surface area contributed by atoms with Gasteiger partial charge in [-0.25, -0.2) is 0 Å². The molecule has 2 rings (SSSR count). The molecular formula is C15H21NO. The summed E-state index contributed by atoms with van der Waals surface area (Å²) >= 11 is 0. The summed E-state index contributed by atoms with van der Waals surface area (Å²) in [6.45, 7) is 7.00. The van der Waals surface area contributed by atoms with Crippen LogP contribution in [0.5, 0.6) is 0 Å². The number of nitrogens with two attached hydrogens (primary N) is 1. The van der Waals surface area contributed by atoms with E-state index in [-0.39, 0.29) is 16.6 Å². The number of ketones is 1. The van der Waals surface area contributed by atoms with Crippen molar-refractivity contribution in [1.82, 2.24) is 0 Å². The van der Waals surface area contributed by atoms with Crippen LogP contribution in [0, 0.1) is 5.41 Å². The number of hydrogen-bond donors (Lipinski definition) is 1. The van der Waals surface area contributed by atoms with Crippen LogP contribution in [-0.2, 0) is 5.41 Å². The van der Waals surface area contributed by atoms with Gasteiger partial charge in [0.15, 0.2) is 5.78 Å². The number of hydrogen-bond acceptors (Lipinski definition) is 2. The zero-order valence-corrected chi connectivity index (χ0v) is 10.9. The Morgan fingerprint density at radius 3 is 2.12 bits per heavy atom. The maximum atomic E-state index is 12.2. The SMILES string of the molecule is CC(C)(C)c1ccc(C(=O)C2(CN)CC2)cc1. The summed E-state index contributed by atoms with van der Waals surface area (Å²) in [4.78, 5) is 12.2. The Kier molecular flexibility index (Phi) is 2.86. The number of carbonyl (C=O) groups is 1. The van der Waals surface area contributed by atoms with Gasteiger partial charge in [0.1, 0.15) is 0 Å². The van der Waals surface area contributed by atoms with E-state index in [1.807, 2.05) is 12.1 Å². The molecule has 2 N–H and O–H groups in total. The van der Waals surface area contributed by atoms with Crippen LogP contribution in [0.4, 0.5) is 0 Å². The third kappa shape index (κ3) is 2.27. The largest absolute Gasteiger partial charge is 0.329 e. The molecular weight excluding hydrogens is 210 g/mol. The average molecular weight is 231 g/mol. The highest BCUT2D eigenvalue weighted by atomic mass is 16.1. The zero-order valence-electron chi connectivity index (χ0n) is 10.9. The summed E-state index contributed by atoms with van der Waals surface area (Å²) in [5.74, 6) is 0.223. The van der Waals surface area contributed by atoms with Gasteiger partial charge in [0.2, 0.25) is 0 Å². The molecule has 1 fully saturated rings. The van der Waals surface area contributed by atoms with E-state index in [4.69, 9.17) is 5.73 Å². The fourth-order valence-electron chi connectivity index (χ4n) is 2.10. The summed E-state index contributed by atoms with van der Waals surface area (Å²) in [6, 6.07) is 8.00. The second kappa shape index (κ2) is 3.95. The average Bonchev–Trinajstić information content (AvgIpc) is 3.08. The monoisotopic (exact) mass is 231 g/mol. The predicted octanol–water partition coefficient (Wildman–Crippen LogP) is 2.91. The summed E-state index contributed by atoms with van der Waals surface area (Å²) in [5, 5.41) is 0. The number of rotatable bonds is 3. The molecule has 0 aromatic heterocycles. The Hall–Kier alpha value is -1.15. The summed E-state index contributed by atoms with van der Waals surface area (Å²) in [5.41, 5.74) is 7.65. The molecule has 1 aromatic rings. The van der Waals surface area contributed by atoms with Crippen molar-refractivity contribution in [3.8, 4) is 0 Å². The molecule has 1 aliphatic carbocycles. The minimum atomic E-state index is -0.233. The van der Waals surface area contributed by atoms with Crippen LogP contribution in [-0.4, -0.2) is 12.3 Å². The van der Waals surface area contributed by atoms with Gasteiger partial charge in [-0.3, -0.25) is 4.79 Å². The first-order chi connectivity index (χ1) is 7.89. The second-order valence-corrected chi connectivity index (χ2v) is 6.14. The molecule has 2 heteroatoms. The van der Waals surface area contributed by atoms with Crippen LogP contribution in [0.2, 0.25) is 0 Å². The van der Waals surface area contributed by atoms with Crippen molar-refractivity contribution < 1.29 is 4.79 Å². The van der Waals surface area contributed by atoms with Crippen molar-refractivity contribution in [2.45, 2.75) is 39.0 Å². The van der Waals surface area contributed by atoms with Gasteiger partial charge < -0.3 is 5.73 Å². The maximum Gasteiger partial charge on any atom is 0.170 e. The molecule has 1 aromatic carbocycles. The van der Waals surface area contributed by atoms with Gasteiger partial charge in [0.25, 0.3) is 0 Å². The maximum absolute atomic E-state index is 12.2. The van der Waals surface area contributed by atoms with Crippen LogP contribution in [0.15, 0.2) is 24.3 Å². The van der Waals surface area contributed by atoms with Crippen LogP contribution in [0.3, 0.4) is 0 Å². The summed E-state index contributed by atoms with van der Waals surface area (Å²) in [7, 11) is 0. The van der Waals surface area contributed by atoms with Crippen molar-refractivity contribution in [1.29, 1.82) is 0 Å². The zero-order chi connectivity index (χ0) is 12.7. The van der Waals surface area contributed by atoms with Crippen molar-refractivity contribution in [3.05, 3.63) is 35.4 Å². The van der Waals surface area contributed by atoms with Gasteiger partial charge in [-0.1, -0.05) is 45.0 Å². The summed E-state index contributed by atoms with van der Waals surface area (Å²) in [6.07, 6.45) is 1.90. The Labute approximate surface area is 103 Å². The van der Waals surface area contributed by atoms with Crippen LogP contribution in [0.25, 0.3) is 0 Å². The molecule has 1 aliphatic rings. The lowest BCUT2D eigenvalue weighted by molar-refractivity contribution is 0.0905. The second-order valence-electron chi connectivity index (χ2n) is 6.14. The molecule has 0 atom stereocenters. The number of Topliss-reactive ketones (excluding diaryl/α,β-unsaturated/α-hetero) is 1. The first-order valence-corrected chi connectivity index (χ1v) is 6.24. The normalized spacial score (nSPS) is 17.9. The number of carbonyl (C=O) groups excluding carboxylic acids is 1. The fraction of sp³-hybridized carbons (Fsp3) is 0.533. The van der Waals surface area contributed by atoms with E-state index in [1.54, 1.807) is 0 Å². The lowest BCUT2D eigenvalue weighted by Gasteiger charge is -2.19. The smallest absolute Gasteiger partial charge is 0.170 e. The van der Waals surface area contributed by atoms with Gasteiger partial charge in [-0.05, 0) is 23.8 Å². The first-order valence-electron chi connectivity index (χ1n) is 6.24. The van der Waals surface area contributed by atoms with E-state index in [9.17, 15) is 4.79 Å². The Morgan fingerprint density at radius 2 is 1.76 bits per heavy atom. The number of benzene rings is 1. The molecule has 0 amide bonds. The van der Waals surface area contributed by atoms with Crippen LogP contribution in [0.1, 0.15) is 49.5 Å². The standard InChI is InChI=1S/C15H21NO/c1-14(2,3)12-6-4-11(5-7-12)13(17)15(10-16)8-9-15/h4-7H,8-10,16H2,1-3H3. The van der Waals surface area contributed by atoms with Gasteiger partial charge in [0.05, 0.1) is 0 Å². The summed E-state index contributed by atoms with van der Waals surface area (Å²) < 4.78 is 0. The van der Waals surface area contributed by atoms with Crippen LogP contribution < -0.4 is 5.73 Å². The van der Waals surface area contributed by atoms with Crippen LogP contribution >= 0.6 is 0 Å². The van der Waals surface area contributed by atoms with Gasteiger partial charge in [-0.15, -0.1) is 0 Å². The molecule has 1 saturated carbocycles. The highest BCUT2D eigenvalue weighted by Gasteiger charge is 2.48. The Bertz CT molecular complexity index is 421. The molecule has 0 bridgehead atoms. The Morgan fingerprint density at radius 1 is 1.24 bits per heavy atom. The van der Waals surface area contributed by atoms with Crippen molar-refractivity contribution in [3.63, 3.8) is 0 Å². The van der Waals surface area contributed by atoms with Gasteiger partial charge in [0, 0.05) is 17.5 Å². The molecule has 0 unspecified atom stereocenters. The minimum Gasteiger partial charge on any atom is -0.329 e. The molecule has 0 heterocycles. The molecule has 2 nitrogen and oxygen atoms in total. The minimum absolute atomic E-state index is 0.132. The first kappa shape index (κ1) is 12.3. The molecule has 0 radical (unpaired) electrons. The van der Waals surface area contributed by atoms with Crippen molar-refractivity contribution >= 4 is 5.78 Å². The fourth-order valence-corrected chi connectivity index (χ4v) is 2.10. The van der Waals surface area contributed by atoms with E-state index in [2.05, 4.69) is 32.9 Å². The van der Waals surface area contributed by atoms with Crippen molar-refractivity contribution in [2.75, 3.05) is 6.54 Å². The molecule has 0 saturated heterocycles. The van der Waals surface area contributed by atoms with Gasteiger partial charge >= 0.3 is 0 Å². The molecule has 0 spiro atoms. The third-order valence-electron chi connectivity index (χ3n) is 3.74. The molecule has 17 heavy (non-hydrogen) atoms. The van der Waals surface area contributed by atoms with E-state index < -0.39 is 0 Å². The molecule has 0 aliphatic heterocycles. The predicted molar refractivity (Wildman–Crippen MR) is 70.2 cm³/mol. The highest BCUT2D eigenvalue weighted by molar-refractivity contribution is 6.02. The highest BCUT2D eigenvalue weighted by Crippen LogP contribution is 2.47. The van der Waals surface area contributed by atoms with Gasteiger partial charge in [-0.2, -0.15) is 0 Å². The quantitative estimate of drug-likeness (QED) is 0.813. The lowest BCUT2D eigenvalue weighted by Crippen LogP contribution is -2.25. The lowest BCUT2D eigenvalue weighted by atomic mass is 9.85. The van der Waals surface area contributed by atoms with E-state index in [0.717, 1.165) is 18.4 Å². The Balaban J connectivity index is 2.22. The third-order valence-corrected chi connectivity index (χ3v) is 3.74. The molecule has 92 valence electrons. The van der Waals surface area contributed by atoms with Crippen molar-refractivity contribution in [2.24, 2.45) is 11.1 Å².